The molecule has 0 fully saturated rings. The van der Waals surface area contributed by atoms with Crippen LogP contribution in [0.15, 0.2) is 59.5 Å². The van der Waals surface area contributed by atoms with Gasteiger partial charge in [0.1, 0.15) is 11.4 Å². The zero-order chi connectivity index (χ0) is 24.4. The largest absolute Gasteiger partial charge is 0.503 e. The van der Waals surface area contributed by atoms with Crippen LogP contribution in [-0.2, 0) is 19.6 Å². The molecular weight excluding hydrogens is 439 g/mol. The van der Waals surface area contributed by atoms with E-state index in [2.05, 4.69) is 5.32 Å². The Morgan fingerprint density at radius 2 is 1.68 bits per heavy atom. The van der Waals surface area contributed by atoms with Crippen molar-refractivity contribution in [2.24, 2.45) is 0 Å². The highest BCUT2D eigenvalue weighted by molar-refractivity contribution is 5.99. The number of carbonyl (C=O) groups excluding carboxylic acids is 2. The maximum absolute atomic E-state index is 13.1. The van der Waals surface area contributed by atoms with Crippen LogP contribution in [0.1, 0.15) is 32.0 Å². The third-order valence-corrected chi connectivity index (χ3v) is 5.79. The highest BCUT2D eigenvalue weighted by atomic mass is 19.1. The van der Waals surface area contributed by atoms with Crippen molar-refractivity contribution in [1.29, 1.82) is 0 Å². The van der Waals surface area contributed by atoms with Gasteiger partial charge in [-0.25, -0.2) is 4.39 Å². The van der Waals surface area contributed by atoms with Crippen LogP contribution in [0.5, 0.6) is 5.75 Å². The number of fused-ring (bicyclic) bond motifs is 1. The van der Waals surface area contributed by atoms with Gasteiger partial charge in [-0.3, -0.25) is 14.4 Å². The van der Waals surface area contributed by atoms with Crippen LogP contribution in [0.3, 0.4) is 0 Å². The summed E-state index contributed by atoms with van der Waals surface area (Å²) >= 11 is 0. The molecule has 0 saturated heterocycles. The Morgan fingerprint density at radius 1 is 1.03 bits per heavy atom. The van der Waals surface area contributed by atoms with Crippen LogP contribution in [0.2, 0.25) is 0 Å². The maximum atomic E-state index is 13.1. The normalized spacial score (nSPS) is 12.9. The van der Waals surface area contributed by atoms with Crippen LogP contribution in [0, 0.1) is 5.82 Å². The fraction of sp³-hybridized carbons (Fsp3) is 0.240. The molecule has 8 nitrogen and oxygen atoms in total. The molecule has 0 bridgehead atoms. The van der Waals surface area contributed by atoms with Crippen molar-refractivity contribution >= 4 is 17.5 Å². The van der Waals surface area contributed by atoms with Crippen molar-refractivity contribution in [3.8, 4) is 5.75 Å². The molecule has 4 rings (SSSR count). The second-order valence-electron chi connectivity index (χ2n) is 8.36. The van der Waals surface area contributed by atoms with E-state index in [4.69, 9.17) is 0 Å². The number of carbonyl (C=O) groups is 2. The van der Waals surface area contributed by atoms with Gasteiger partial charge < -0.3 is 24.8 Å². The Balaban J connectivity index is 1.51. The molecule has 2 aromatic carbocycles. The third kappa shape index (κ3) is 4.63. The lowest BCUT2D eigenvalue weighted by Gasteiger charge is -2.30. The van der Waals surface area contributed by atoms with Gasteiger partial charge in [-0.15, -0.1) is 0 Å². The van der Waals surface area contributed by atoms with E-state index in [-0.39, 0.29) is 17.8 Å². The highest BCUT2D eigenvalue weighted by Gasteiger charge is 2.30. The van der Waals surface area contributed by atoms with Crippen LogP contribution in [-0.4, -0.2) is 47.0 Å². The number of hydrogen-bond acceptors (Lipinski definition) is 5. The molecule has 1 aliphatic rings. The summed E-state index contributed by atoms with van der Waals surface area (Å²) in [6.07, 6.45) is 1.30. The average molecular weight is 464 g/mol. The monoisotopic (exact) mass is 464 g/mol. The molecule has 1 aromatic heterocycles. The topological polar surface area (TPSA) is 94.9 Å². The van der Waals surface area contributed by atoms with Crippen molar-refractivity contribution in [3.63, 3.8) is 0 Å². The fourth-order valence-corrected chi connectivity index (χ4v) is 3.84. The summed E-state index contributed by atoms with van der Waals surface area (Å²) in [5, 5.41) is 13.1. The third-order valence-electron chi connectivity index (χ3n) is 5.79. The lowest BCUT2D eigenvalue weighted by atomic mass is 10.1. The van der Waals surface area contributed by atoms with Crippen LogP contribution >= 0.6 is 0 Å². The van der Waals surface area contributed by atoms with E-state index in [0.717, 1.165) is 11.3 Å². The van der Waals surface area contributed by atoms with E-state index < -0.39 is 28.8 Å². The van der Waals surface area contributed by atoms with Crippen LogP contribution < -0.4 is 15.6 Å². The van der Waals surface area contributed by atoms with Gasteiger partial charge in [-0.1, -0.05) is 24.3 Å². The molecule has 34 heavy (non-hydrogen) atoms. The fourth-order valence-electron chi connectivity index (χ4n) is 3.84. The van der Waals surface area contributed by atoms with Crippen molar-refractivity contribution in [2.75, 3.05) is 25.5 Å². The first kappa shape index (κ1) is 23.0. The molecule has 176 valence electrons. The smallest absolute Gasteiger partial charge is 0.274 e. The number of nitrogens with one attached hydrogen (secondary N) is 1. The lowest BCUT2D eigenvalue weighted by molar-refractivity contribution is 0.0681. The molecule has 0 radical (unpaired) electrons. The Bertz CT molecular complexity index is 1280. The van der Waals surface area contributed by atoms with Crippen molar-refractivity contribution in [2.45, 2.75) is 19.6 Å². The zero-order valence-corrected chi connectivity index (χ0v) is 18.9. The number of nitrogens with zero attached hydrogens (tertiary/aromatic N) is 3. The summed E-state index contributed by atoms with van der Waals surface area (Å²) in [5.74, 6) is -2.30. The molecule has 1 aliphatic heterocycles. The van der Waals surface area contributed by atoms with Gasteiger partial charge in [0.05, 0.1) is 0 Å². The Morgan fingerprint density at radius 3 is 2.32 bits per heavy atom. The minimum absolute atomic E-state index is 0.0837. The molecule has 0 aliphatic carbocycles. The molecular formula is C25H25FN4O4. The standard InChI is InChI=1S/C25H25FN4O4/c1-28(2)19-9-5-17(6-10-19)14-30-12-11-29-15-20(22(31)23(32)21(29)25(30)34)24(33)27-13-16-3-7-18(26)8-4-16/h3-10,15,32H,11-14H2,1-2H3,(H,27,33). The van der Waals surface area contributed by atoms with Gasteiger partial charge in [0, 0.05) is 52.2 Å². The van der Waals surface area contributed by atoms with Gasteiger partial charge in [0.2, 0.25) is 5.43 Å². The summed E-state index contributed by atoms with van der Waals surface area (Å²) in [4.78, 5) is 41.9. The minimum Gasteiger partial charge on any atom is -0.503 e. The van der Waals surface area contributed by atoms with Crippen molar-refractivity contribution in [1.82, 2.24) is 14.8 Å². The number of pyridine rings is 1. The summed E-state index contributed by atoms with van der Waals surface area (Å²) in [7, 11) is 3.88. The molecule has 0 spiro atoms. The predicted molar refractivity (Wildman–Crippen MR) is 125 cm³/mol. The van der Waals surface area contributed by atoms with E-state index in [9.17, 15) is 23.9 Å². The first-order valence-electron chi connectivity index (χ1n) is 10.8. The second kappa shape index (κ2) is 9.38. The number of rotatable bonds is 6. The minimum atomic E-state index is -0.909. The number of anilines is 1. The Kier molecular flexibility index (Phi) is 6.36. The molecule has 2 amide bonds. The molecule has 0 saturated carbocycles. The summed E-state index contributed by atoms with van der Waals surface area (Å²) in [6.45, 7) is 1.10. The number of benzene rings is 2. The van der Waals surface area contributed by atoms with Gasteiger partial charge >= 0.3 is 0 Å². The van der Waals surface area contributed by atoms with Gasteiger partial charge in [0.25, 0.3) is 11.8 Å². The van der Waals surface area contributed by atoms with Crippen molar-refractivity contribution in [3.05, 3.63) is 93.2 Å². The van der Waals surface area contributed by atoms with E-state index in [1.165, 1.54) is 35.0 Å². The molecule has 2 N–H and O–H groups in total. The molecule has 3 aromatic rings. The zero-order valence-electron chi connectivity index (χ0n) is 18.9. The number of hydrogen-bond donors (Lipinski definition) is 2. The highest BCUT2D eigenvalue weighted by Crippen LogP contribution is 2.22. The Labute approximate surface area is 195 Å². The predicted octanol–water partition coefficient (Wildman–Crippen LogP) is 2.34. The molecule has 0 unspecified atom stereocenters. The van der Waals surface area contributed by atoms with Gasteiger partial charge in [-0.2, -0.15) is 0 Å². The van der Waals surface area contributed by atoms with E-state index >= 15 is 0 Å². The number of amides is 2. The quantitative estimate of drug-likeness (QED) is 0.584. The molecule has 0 atom stereocenters. The number of halogens is 1. The van der Waals surface area contributed by atoms with Gasteiger partial charge in [0.15, 0.2) is 11.4 Å². The second-order valence-corrected chi connectivity index (χ2v) is 8.36. The lowest BCUT2D eigenvalue weighted by Crippen LogP contribution is -2.42. The summed E-state index contributed by atoms with van der Waals surface area (Å²) in [6, 6.07) is 13.4. The Hall–Kier alpha value is -4.14. The number of aromatic hydroxyl groups is 1. The maximum Gasteiger partial charge on any atom is 0.274 e. The SMILES string of the molecule is CN(C)c1ccc(CN2CCn3cc(C(=O)NCc4ccc(F)cc4)c(=O)c(O)c3C2=O)cc1. The van der Waals surface area contributed by atoms with E-state index in [1.807, 2.05) is 43.3 Å². The van der Waals surface area contributed by atoms with E-state index in [1.54, 1.807) is 4.90 Å². The first-order chi connectivity index (χ1) is 16.2. The first-order valence-corrected chi connectivity index (χ1v) is 10.8. The number of aromatic nitrogens is 1. The summed E-state index contributed by atoms with van der Waals surface area (Å²) in [5.41, 5.74) is 1.31. The molecule has 9 heteroatoms. The average Bonchev–Trinajstić information content (AvgIpc) is 2.82. The molecule has 2 heterocycles. The van der Waals surface area contributed by atoms with Crippen LogP contribution in [0.4, 0.5) is 10.1 Å². The van der Waals surface area contributed by atoms with Crippen LogP contribution in [0.25, 0.3) is 0 Å². The van der Waals surface area contributed by atoms with Gasteiger partial charge in [-0.05, 0) is 35.4 Å². The summed E-state index contributed by atoms with van der Waals surface area (Å²) < 4.78 is 14.5. The van der Waals surface area contributed by atoms with E-state index in [0.29, 0.717) is 25.2 Å². The van der Waals surface area contributed by atoms with Crippen molar-refractivity contribution < 1.29 is 19.1 Å².